The maximum absolute atomic E-state index is 13.7. The highest BCUT2D eigenvalue weighted by Gasteiger charge is 2.35. The van der Waals surface area contributed by atoms with Crippen LogP contribution in [0.1, 0.15) is 34.3 Å². The van der Waals surface area contributed by atoms with Crippen molar-refractivity contribution in [1.82, 2.24) is 14.8 Å². The fourth-order valence-corrected chi connectivity index (χ4v) is 4.82. The van der Waals surface area contributed by atoms with Crippen molar-refractivity contribution in [2.24, 2.45) is 0 Å². The van der Waals surface area contributed by atoms with Gasteiger partial charge in [0.2, 0.25) is 5.91 Å². The van der Waals surface area contributed by atoms with E-state index in [1.807, 2.05) is 30.5 Å². The van der Waals surface area contributed by atoms with Crippen molar-refractivity contribution in [3.8, 4) is 0 Å². The first kappa shape index (κ1) is 25.3. The monoisotopic (exact) mass is 537 g/mol. The molecule has 37 heavy (non-hydrogen) atoms. The first-order valence-corrected chi connectivity index (χ1v) is 13.0. The smallest absolute Gasteiger partial charge is 0.254 e. The normalized spacial score (nSPS) is 13.1. The minimum atomic E-state index is -0.407. The molecule has 0 bridgehead atoms. The summed E-state index contributed by atoms with van der Waals surface area (Å²) in [6.45, 7) is 0.752. The van der Waals surface area contributed by atoms with Crippen molar-refractivity contribution in [2.75, 3.05) is 13.1 Å². The minimum Gasteiger partial charge on any atom is -0.361 e. The largest absolute Gasteiger partial charge is 0.361 e. The number of fused-ring (bicyclic) bond motifs is 1. The van der Waals surface area contributed by atoms with Crippen LogP contribution in [0.4, 0.5) is 4.39 Å². The third-order valence-corrected chi connectivity index (χ3v) is 7.42. The molecular weight excluding hydrogens is 512 g/mol. The number of halogens is 3. The molecule has 5 nitrogen and oxygen atoms in total. The third-order valence-electron chi connectivity index (χ3n) is 6.68. The second-order valence-electron chi connectivity index (χ2n) is 9.34. The number of hydrogen-bond donors (Lipinski definition) is 1. The van der Waals surface area contributed by atoms with Crippen LogP contribution in [-0.4, -0.2) is 45.7 Å². The van der Waals surface area contributed by atoms with Gasteiger partial charge in [-0.1, -0.05) is 47.5 Å². The van der Waals surface area contributed by atoms with Crippen LogP contribution in [0.5, 0.6) is 0 Å². The van der Waals surface area contributed by atoms with Crippen molar-refractivity contribution in [3.63, 3.8) is 0 Å². The fraction of sp³-hybridized carbons (Fsp3) is 0.241. The van der Waals surface area contributed by atoms with Crippen LogP contribution in [0.2, 0.25) is 10.0 Å². The molecule has 0 saturated heterocycles. The van der Waals surface area contributed by atoms with Crippen LogP contribution in [0.25, 0.3) is 10.9 Å². The predicted molar refractivity (Wildman–Crippen MR) is 144 cm³/mol. The van der Waals surface area contributed by atoms with Crippen LogP contribution in [0, 0.1) is 5.82 Å². The van der Waals surface area contributed by atoms with Crippen LogP contribution < -0.4 is 0 Å². The van der Waals surface area contributed by atoms with Crippen molar-refractivity contribution < 1.29 is 14.0 Å². The van der Waals surface area contributed by atoms with E-state index >= 15 is 0 Å². The maximum atomic E-state index is 13.7. The Morgan fingerprint density at radius 2 is 1.73 bits per heavy atom. The van der Waals surface area contributed by atoms with Gasteiger partial charge in [-0.3, -0.25) is 9.59 Å². The Hall–Kier alpha value is -3.35. The topological polar surface area (TPSA) is 56.4 Å². The molecule has 3 aromatic carbocycles. The molecule has 1 fully saturated rings. The molecule has 190 valence electrons. The van der Waals surface area contributed by atoms with Crippen molar-refractivity contribution in [2.45, 2.75) is 31.8 Å². The Morgan fingerprint density at radius 1 is 0.973 bits per heavy atom. The second kappa shape index (κ2) is 11.0. The molecule has 1 heterocycles. The number of aromatic amines is 1. The number of benzene rings is 3. The molecule has 1 saturated carbocycles. The van der Waals surface area contributed by atoms with Crippen molar-refractivity contribution in [3.05, 3.63) is 105 Å². The highest BCUT2D eigenvalue weighted by molar-refractivity contribution is 6.42. The Labute approximate surface area is 224 Å². The Kier molecular flexibility index (Phi) is 7.49. The van der Waals surface area contributed by atoms with Gasteiger partial charge in [-0.2, -0.15) is 0 Å². The van der Waals surface area contributed by atoms with Gasteiger partial charge in [0.05, 0.1) is 10.0 Å². The zero-order valence-electron chi connectivity index (χ0n) is 20.1. The van der Waals surface area contributed by atoms with Crippen LogP contribution >= 0.6 is 23.2 Å². The summed E-state index contributed by atoms with van der Waals surface area (Å²) in [5.41, 5.74) is 3.38. The Balaban J connectivity index is 1.36. The van der Waals surface area contributed by atoms with E-state index in [0.717, 1.165) is 34.9 Å². The summed E-state index contributed by atoms with van der Waals surface area (Å²) in [5, 5.41) is 2.00. The van der Waals surface area contributed by atoms with E-state index in [-0.39, 0.29) is 24.4 Å². The summed E-state index contributed by atoms with van der Waals surface area (Å²) < 4.78 is 13.4. The van der Waals surface area contributed by atoms with E-state index < -0.39 is 5.82 Å². The summed E-state index contributed by atoms with van der Waals surface area (Å²) >= 11 is 12.3. The first-order valence-electron chi connectivity index (χ1n) is 12.2. The van der Waals surface area contributed by atoms with Crippen LogP contribution in [-0.2, 0) is 17.8 Å². The van der Waals surface area contributed by atoms with Crippen LogP contribution in [0.3, 0.4) is 0 Å². The lowest BCUT2D eigenvalue weighted by molar-refractivity contribution is -0.132. The molecular formula is C29H26Cl2FN3O2. The highest BCUT2D eigenvalue weighted by Crippen LogP contribution is 2.29. The third kappa shape index (κ3) is 5.97. The molecule has 0 atom stereocenters. The number of rotatable bonds is 9. The molecule has 0 radical (unpaired) electrons. The molecule has 1 aliphatic carbocycles. The lowest BCUT2D eigenvalue weighted by Crippen LogP contribution is -2.44. The van der Waals surface area contributed by atoms with Gasteiger partial charge in [-0.15, -0.1) is 0 Å². The van der Waals surface area contributed by atoms with Gasteiger partial charge in [0.15, 0.2) is 0 Å². The fourth-order valence-electron chi connectivity index (χ4n) is 4.50. The lowest BCUT2D eigenvalue weighted by Gasteiger charge is -2.28. The lowest BCUT2D eigenvalue weighted by atomic mass is 10.1. The summed E-state index contributed by atoms with van der Waals surface area (Å²) in [5.74, 6) is -0.828. The number of carbonyl (C=O) groups is 2. The van der Waals surface area contributed by atoms with Crippen LogP contribution in [0.15, 0.2) is 72.9 Å². The van der Waals surface area contributed by atoms with Gasteiger partial charge in [-0.25, -0.2) is 4.39 Å². The van der Waals surface area contributed by atoms with Gasteiger partial charge in [-0.05, 0) is 72.9 Å². The number of nitrogens with one attached hydrogen (secondary N) is 1. The first-order chi connectivity index (χ1) is 17.9. The molecule has 2 amide bonds. The summed E-state index contributed by atoms with van der Waals surface area (Å²) in [4.78, 5) is 33.5. The van der Waals surface area contributed by atoms with Gasteiger partial charge in [0, 0.05) is 41.8 Å². The molecule has 8 heteroatoms. The molecule has 1 aliphatic rings. The highest BCUT2D eigenvalue weighted by atomic mass is 35.5. The number of nitrogens with zero attached hydrogens (tertiary/aromatic N) is 2. The van der Waals surface area contributed by atoms with Crippen molar-refractivity contribution >= 4 is 45.9 Å². The number of aromatic nitrogens is 1. The van der Waals surface area contributed by atoms with E-state index in [0.29, 0.717) is 35.1 Å². The number of carbonyl (C=O) groups excluding carboxylic acids is 2. The Bertz CT molecular complexity index is 1430. The van der Waals surface area contributed by atoms with E-state index in [4.69, 9.17) is 23.2 Å². The van der Waals surface area contributed by atoms with Gasteiger partial charge >= 0.3 is 0 Å². The Morgan fingerprint density at radius 3 is 2.46 bits per heavy atom. The van der Waals surface area contributed by atoms with E-state index in [9.17, 15) is 14.0 Å². The zero-order valence-corrected chi connectivity index (χ0v) is 21.6. The molecule has 0 unspecified atom stereocenters. The van der Waals surface area contributed by atoms with Crippen molar-refractivity contribution in [1.29, 1.82) is 0 Å². The van der Waals surface area contributed by atoms with E-state index in [1.165, 1.54) is 24.3 Å². The zero-order chi connectivity index (χ0) is 25.9. The van der Waals surface area contributed by atoms with Gasteiger partial charge in [0.25, 0.3) is 5.91 Å². The predicted octanol–water partition coefficient (Wildman–Crippen LogP) is 6.49. The molecule has 1 N–H and O–H groups in total. The summed E-state index contributed by atoms with van der Waals surface area (Å²) in [6, 6.07) is 18.8. The molecule has 4 aromatic rings. The quantitative estimate of drug-likeness (QED) is 0.265. The SMILES string of the molecule is O=C(CN(C(=O)c1ccc(F)cc1)C1CC1)N(CCc1c[nH]c2ccccc12)Cc1ccc(Cl)c(Cl)c1. The van der Waals surface area contributed by atoms with E-state index in [1.54, 1.807) is 21.9 Å². The molecule has 0 aliphatic heterocycles. The second-order valence-corrected chi connectivity index (χ2v) is 10.2. The summed E-state index contributed by atoms with van der Waals surface area (Å²) in [7, 11) is 0. The maximum Gasteiger partial charge on any atom is 0.254 e. The number of para-hydroxylation sites is 1. The van der Waals surface area contributed by atoms with Gasteiger partial charge < -0.3 is 14.8 Å². The molecule has 5 rings (SSSR count). The molecule has 0 spiro atoms. The van der Waals surface area contributed by atoms with E-state index in [2.05, 4.69) is 11.1 Å². The molecule has 1 aromatic heterocycles. The minimum absolute atomic E-state index is 0.0157. The summed E-state index contributed by atoms with van der Waals surface area (Å²) in [6.07, 6.45) is 4.32. The number of amides is 2. The number of H-pyrrole nitrogens is 1. The number of hydrogen-bond acceptors (Lipinski definition) is 2. The standard InChI is InChI=1S/C29H26Cl2FN3O2/c30-25-12-5-19(15-26(25)31)17-34(14-13-21-16-33-27-4-2-1-3-24(21)27)28(36)18-35(23-10-11-23)29(37)20-6-8-22(32)9-7-20/h1-9,12,15-16,23,33H,10-11,13-14,17-18H2. The average Bonchev–Trinajstić information content (AvgIpc) is 3.66. The van der Waals surface area contributed by atoms with Gasteiger partial charge in [0.1, 0.15) is 12.4 Å². The average molecular weight is 538 g/mol.